The molecule has 0 saturated carbocycles. The standard InChI is InChI=1S/C13H17N3O3S/c17-11-6-9(12(18)19)7-15(11)5-2-10-8-20-13-14-3-1-4-16(10)13/h8-9H,1-7H2,(H,18,19)/t9-/m1/s1. The molecule has 1 N–H and O–H groups in total. The summed E-state index contributed by atoms with van der Waals surface area (Å²) in [5, 5.41) is 12.1. The van der Waals surface area contributed by atoms with E-state index in [0.717, 1.165) is 31.1 Å². The Kier molecular flexibility index (Phi) is 3.69. The van der Waals surface area contributed by atoms with Crippen LogP contribution in [0.3, 0.4) is 0 Å². The van der Waals surface area contributed by atoms with Crippen LogP contribution in [0.1, 0.15) is 19.3 Å². The number of carboxylic acid groups (broad SMARTS) is 1. The van der Waals surface area contributed by atoms with Gasteiger partial charge < -0.3 is 14.9 Å². The minimum Gasteiger partial charge on any atom is -0.481 e. The number of hydrogen-bond donors (Lipinski definition) is 1. The van der Waals surface area contributed by atoms with Gasteiger partial charge in [-0.25, -0.2) is 0 Å². The summed E-state index contributed by atoms with van der Waals surface area (Å²) in [7, 11) is 0. The Morgan fingerprint density at radius 3 is 3.15 bits per heavy atom. The molecule has 108 valence electrons. The lowest BCUT2D eigenvalue weighted by Gasteiger charge is -2.26. The van der Waals surface area contributed by atoms with E-state index in [9.17, 15) is 9.59 Å². The maximum absolute atomic E-state index is 11.8. The predicted molar refractivity (Wildman–Crippen MR) is 76.2 cm³/mol. The normalized spacial score (nSPS) is 25.6. The fourth-order valence-corrected chi connectivity index (χ4v) is 3.72. The third-order valence-corrected chi connectivity index (χ3v) is 4.82. The smallest absolute Gasteiger partial charge is 0.308 e. The van der Waals surface area contributed by atoms with Gasteiger partial charge in [-0.15, -0.1) is 0 Å². The van der Waals surface area contributed by atoms with Crippen LogP contribution in [-0.4, -0.2) is 58.1 Å². The van der Waals surface area contributed by atoms with Gasteiger partial charge in [-0.1, -0.05) is 11.8 Å². The molecular formula is C13H17N3O3S. The Morgan fingerprint density at radius 1 is 1.55 bits per heavy atom. The molecule has 3 heterocycles. The molecule has 7 heteroatoms. The van der Waals surface area contributed by atoms with Crippen molar-refractivity contribution in [1.29, 1.82) is 0 Å². The first kappa shape index (κ1) is 13.5. The molecule has 1 amide bonds. The molecule has 0 aromatic carbocycles. The van der Waals surface area contributed by atoms with Crippen LogP contribution in [0, 0.1) is 5.92 Å². The monoisotopic (exact) mass is 295 g/mol. The first-order valence-electron chi connectivity index (χ1n) is 6.83. The van der Waals surface area contributed by atoms with Crippen molar-refractivity contribution in [3.63, 3.8) is 0 Å². The molecule has 0 aromatic rings. The third-order valence-electron chi connectivity index (χ3n) is 3.87. The Morgan fingerprint density at radius 2 is 2.40 bits per heavy atom. The minimum absolute atomic E-state index is 0.0452. The van der Waals surface area contributed by atoms with Crippen LogP contribution in [0.2, 0.25) is 0 Å². The number of amidine groups is 1. The summed E-state index contributed by atoms with van der Waals surface area (Å²) in [4.78, 5) is 31.0. The molecule has 3 aliphatic rings. The zero-order valence-corrected chi connectivity index (χ0v) is 11.9. The predicted octanol–water partition coefficient (Wildman–Crippen LogP) is 0.960. The average Bonchev–Trinajstić information content (AvgIpc) is 3.00. The van der Waals surface area contributed by atoms with Crippen molar-refractivity contribution in [3.8, 4) is 0 Å². The van der Waals surface area contributed by atoms with E-state index < -0.39 is 11.9 Å². The summed E-state index contributed by atoms with van der Waals surface area (Å²) < 4.78 is 0. The second kappa shape index (κ2) is 5.47. The van der Waals surface area contributed by atoms with Crippen LogP contribution in [-0.2, 0) is 9.59 Å². The number of rotatable bonds is 4. The van der Waals surface area contributed by atoms with Gasteiger partial charge in [0.05, 0.1) is 5.92 Å². The number of carbonyl (C=O) groups is 2. The van der Waals surface area contributed by atoms with Gasteiger partial charge in [0, 0.05) is 44.7 Å². The van der Waals surface area contributed by atoms with Gasteiger partial charge in [-0.2, -0.15) is 0 Å². The Hall–Kier alpha value is -1.50. The van der Waals surface area contributed by atoms with Crippen LogP contribution in [0.5, 0.6) is 0 Å². The summed E-state index contributed by atoms with van der Waals surface area (Å²) in [6.07, 6.45) is 1.97. The molecule has 0 aliphatic carbocycles. The highest BCUT2D eigenvalue weighted by atomic mass is 32.2. The van der Waals surface area contributed by atoms with Crippen molar-refractivity contribution in [3.05, 3.63) is 11.1 Å². The van der Waals surface area contributed by atoms with Crippen LogP contribution < -0.4 is 0 Å². The van der Waals surface area contributed by atoms with Gasteiger partial charge >= 0.3 is 5.97 Å². The molecule has 1 atom stereocenters. The van der Waals surface area contributed by atoms with Gasteiger partial charge in [0.1, 0.15) is 0 Å². The molecule has 3 rings (SSSR count). The first-order valence-corrected chi connectivity index (χ1v) is 7.71. The summed E-state index contributed by atoms with van der Waals surface area (Å²) in [5.41, 5.74) is 1.19. The maximum Gasteiger partial charge on any atom is 0.308 e. The highest BCUT2D eigenvalue weighted by molar-refractivity contribution is 8.16. The van der Waals surface area contributed by atoms with Gasteiger partial charge in [0.2, 0.25) is 5.91 Å². The van der Waals surface area contributed by atoms with E-state index in [1.54, 1.807) is 16.7 Å². The molecule has 0 spiro atoms. The molecule has 0 radical (unpaired) electrons. The van der Waals surface area contributed by atoms with Crippen LogP contribution >= 0.6 is 11.8 Å². The van der Waals surface area contributed by atoms with Crippen LogP contribution in [0.25, 0.3) is 0 Å². The number of carbonyl (C=O) groups excluding carboxylic acids is 1. The lowest BCUT2D eigenvalue weighted by atomic mass is 10.1. The number of nitrogens with zero attached hydrogens (tertiary/aromatic N) is 3. The number of thioether (sulfide) groups is 1. The van der Waals surface area contributed by atoms with Crippen LogP contribution in [0.15, 0.2) is 16.1 Å². The summed E-state index contributed by atoms with van der Waals surface area (Å²) in [6.45, 7) is 2.82. The van der Waals surface area contributed by atoms with Crippen molar-refractivity contribution in [2.75, 3.05) is 26.2 Å². The molecule has 1 fully saturated rings. The maximum atomic E-state index is 11.8. The van der Waals surface area contributed by atoms with Gasteiger partial charge in [-0.05, 0) is 11.8 Å². The second-order valence-corrected chi connectivity index (χ2v) is 6.06. The van der Waals surface area contributed by atoms with E-state index in [1.165, 1.54) is 5.70 Å². The fourth-order valence-electron chi connectivity index (χ4n) is 2.73. The molecule has 0 aromatic heterocycles. The number of hydrogen-bond acceptors (Lipinski definition) is 5. The van der Waals surface area contributed by atoms with E-state index in [0.29, 0.717) is 13.1 Å². The number of fused-ring (bicyclic) bond motifs is 1. The van der Waals surface area contributed by atoms with Gasteiger partial charge in [0.25, 0.3) is 0 Å². The first-order chi connectivity index (χ1) is 9.65. The quantitative estimate of drug-likeness (QED) is 0.836. The average molecular weight is 295 g/mol. The molecular weight excluding hydrogens is 278 g/mol. The largest absolute Gasteiger partial charge is 0.481 e. The lowest BCUT2D eigenvalue weighted by molar-refractivity contribution is -0.141. The number of likely N-dealkylation sites (tertiary alicyclic amines) is 1. The van der Waals surface area contributed by atoms with Crippen molar-refractivity contribution >= 4 is 28.8 Å². The number of carboxylic acids is 1. The number of aliphatic imine (C=N–C) groups is 1. The molecule has 3 aliphatic heterocycles. The molecule has 0 bridgehead atoms. The highest BCUT2D eigenvalue weighted by Crippen LogP contribution is 2.31. The molecule has 6 nitrogen and oxygen atoms in total. The second-order valence-electron chi connectivity index (χ2n) is 5.23. The van der Waals surface area contributed by atoms with Gasteiger partial charge in [0.15, 0.2) is 5.17 Å². The summed E-state index contributed by atoms with van der Waals surface area (Å²) >= 11 is 1.64. The summed E-state index contributed by atoms with van der Waals surface area (Å²) in [5.74, 6) is -1.46. The molecule has 20 heavy (non-hydrogen) atoms. The number of aliphatic carboxylic acids is 1. The van der Waals surface area contributed by atoms with E-state index in [1.807, 2.05) is 0 Å². The lowest BCUT2D eigenvalue weighted by Crippen LogP contribution is -2.32. The number of amides is 1. The molecule has 1 saturated heterocycles. The Bertz CT molecular complexity index is 503. The van der Waals surface area contributed by atoms with Crippen molar-refractivity contribution in [1.82, 2.24) is 9.80 Å². The van der Waals surface area contributed by atoms with E-state index in [2.05, 4.69) is 15.3 Å². The van der Waals surface area contributed by atoms with E-state index >= 15 is 0 Å². The van der Waals surface area contributed by atoms with Crippen LogP contribution in [0.4, 0.5) is 0 Å². The SMILES string of the molecule is O=C(O)[C@@H]1CC(=O)N(CCC2=CSC3=NCCCN23)C1. The van der Waals surface area contributed by atoms with Crippen molar-refractivity contribution in [2.45, 2.75) is 19.3 Å². The van der Waals surface area contributed by atoms with E-state index in [4.69, 9.17) is 5.11 Å². The summed E-state index contributed by atoms with van der Waals surface area (Å²) in [6, 6.07) is 0. The topological polar surface area (TPSA) is 73.2 Å². The van der Waals surface area contributed by atoms with Crippen molar-refractivity contribution < 1.29 is 14.7 Å². The van der Waals surface area contributed by atoms with Gasteiger partial charge in [-0.3, -0.25) is 14.6 Å². The molecule has 0 unspecified atom stereocenters. The van der Waals surface area contributed by atoms with E-state index in [-0.39, 0.29) is 12.3 Å². The third kappa shape index (κ3) is 2.54. The fraction of sp³-hybridized carbons (Fsp3) is 0.615. The Balaban J connectivity index is 1.55. The minimum atomic E-state index is -0.873. The highest BCUT2D eigenvalue weighted by Gasteiger charge is 2.34. The zero-order valence-electron chi connectivity index (χ0n) is 11.1. The Labute approximate surface area is 121 Å². The zero-order chi connectivity index (χ0) is 14.1. The van der Waals surface area contributed by atoms with Crippen molar-refractivity contribution in [2.24, 2.45) is 10.9 Å².